The second kappa shape index (κ2) is 13.7. The van der Waals surface area contributed by atoms with Gasteiger partial charge in [-0.2, -0.15) is 0 Å². The van der Waals surface area contributed by atoms with E-state index in [1.165, 1.54) is 6.92 Å². The minimum atomic E-state index is -0.197. The number of carbonyl (C=O) groups excluding carboxylic acids is 1. The van der Waals surface area contributed by atoms with Gasteiger partial charge in [0.05, 0.1) is 12.2 Å². The van der Waals surface area contributed by atoms with Crippen molar-refractivity contribution in [3.63, 3.8) is 0 Å². The molecule has 1 heterocycles. The molecule has 0 aliphatic heterocycles. The molecule has 1 aromatic carbocycles. The van der Waals surface area contributed by atoms with Crippen molar-refractivity contribution in [3.05, 3.63) is 41.0 Å². The molecule has 0 aliphatic rings. The minimum absolute atomic E-state index is 0.0278. The molecule has 9 nitrogen and oxygen atoms in total. The number of nitrogens with one attached hydrogen (secondary N) is 1. The van der Waals surface area contributed by atoms with Crippen molar-refractivity contribution in [2.45, 2.75) is 72.8 Å². The Labute approximate surface area is 202 Å². The zero-order chi connectivity index (χ0) is 24.9. The number of aromatic nitrogens is 2. The van der Waals surface area contributed by atoms with Crippen LogP contribution in [0.2, 0.25) is 0 Å². The Morgan fingerprint density at radius 1 is 1.06 bits per heavy atom. The molecule has 0 radical (unpaired) electrons. The van der Waals surface area contributed by atoms with Crippen LogP contribution in [0.5, 0.6) is 0 Å². The molecule has 0 atom stereocenters. The van der Waals surface area contributed by atoms with Crippen molar-refractivity contribution in [1.82, 2.24) is 9.55 Å². The van der Waals surface area contributed by atoms with Gasteiger partial charge in [0, 0.05) is 25.7 Å². The SMILES string of the molecule is [C-]#[N+]c1nc(N=Nc2ccc(N(CCCC)CCCC)cc2NC(C)=O)n(CCCC)c1[N+]#[C-]. The van der Waals surface area contributed by atoms with Gasteiger partial charge in [-0.05, 0) is 37.5 Å². The third kappa shape index (κ3) is 7.14. The van der Waals surface area contributed by atoms with Gasteiger partial charge in [-0.1, -0.05) is 63.3 Å². The van der Waals surface area contributed by atoms with E-state index in [2.05, 4.69) is 55.9 Å². The van der Waals surface area contributed by atoms with Gasteiger partial charge in [0.15, 0.2) is 0 Å². The number of hydrogen-bond donors (Lipinski definition) is 1. The van der Waals surface area contributed by atoms with Gasteiger partial charge >= 0.3 is 5.95 Å². The van der Waals surface area contributed by atoms with Gasteiger partial charge in [-0.15, -0.1) is 5.11 Å². The summed E-state index contributed by atoms with van der Waals surface area (Å²) in [5.74, 6) is 0.227. The Hall–Kier alpha value is -3.72. The molecule has 9 heteroatoms. The molecule has 0 unspecified atom stereocenters. The quantitative estimate of drug-likeness (QED) is 0.246. The van der Waals surface area contributed by atoms with Crippen molar-refractivity contribution in [1.29, 1.82) is 0 Å². The Kier molecular flexibility index (Phi) is 10.7. The van der Waals surface area contributed by atoms with Crippen molar-refractivity contribution in [2.24, 2.45) is 10.2 Å². The molecule has 0 aliphatic carbocycles. The van der Waals surface area contributed by atoms with E-state index < -0.39 is 0 Å². The predicted molar refractivity (Wildman–Crippen MR) is 137 cm³/mol. The zero-order valence-electron chi connectivity index (χ0n) is 20.6. The number of rotatable bonds is 13. The molecule has 180 valence electrons. The molecular formula is C25H34N8O. The Balaban J connectivity index is 2.45. The van der Waals surface area contributed by atoms with E-state index >= 15 is 0 Å². The fourth-order valence-corrected chi connectivity index (χ4v) is 3.47. The van der Waals surface area contributed by atoms with Gasteiger partial charge in [-0.25, -0.2) is 4.57 Å². The highest BCUT2D eigenvalue weighted by molar-refractivity contribution is 5.93. The number of benzene rings is 1. The second-order valence-corrected chi connectivity index (χ2v) is 8.06. The lowest BCUT2D eigenvalue weighted by atomic mass is 10.2. The Morgan fingerprint density at radius 3 is 2.29 bits per heavy atom. The van der Waals surface area contributed by atoms with Gasteiger partial charge in [-0.3, -0.25) is 4.79 Å². The first kappa shape index (κ1) is 26.5. The van der Waals surface area contributed by atoms with Gasteiger partial charge in [0.2, 0.25) is 5.91 Å². The van der Waals surface area contributed by atoms with Crippen LogP contribution in [0.25, 0.3) is 9.69 Å². The monoisotopic (exact) mass is 462 g/mol. The lowest BCUT2D eigenvalue weighted by Gasteiger charge is -2.25. The topological polar surface area (TPSA) is 83.6 Å². The summed E-state index contributed by atoms with van der Waals surface area (Å²) in [6, 6.07) is 5.75. The van der Waals surface area contributed by atoms with Crippen LogP contribution in [0.15, 0.2) is 28.4 Å². The van der Waals surface area contributed by atoms with Crippen LogP contribution < -0.4 is 10.2 Å². The van der Waals surface area contributed by atoms with E-state index in [-0.39, 0.29) is 23.5 Å². The number of amides is 1. The van der Waals surface area contributed by atoms with E-state index in [9.17, 15) is 4.79 Å². The molecule has 0 saturated carbocycles. The number of carbonyl (C=O) groups is 1. The first-order chi connectivity index (χ1) is 16.5. The molecule has 0 spiro atoms. The minimum Gasteiger partial charge on any atom is -0.373 e. The van der Waals surface area contributed by atoms with Crippen LogP contribution in [0.3, 0.4) is 0 Å². The molecule has 1 aromatic heterocycles. The lowest BCUT2D eigenvalue weighted by Crippen LogP contribution is -2.25. The maximum absolute atomic E-state index is 11.9. The van der Waals surface area contributed by atoms with Crippen LogP contribution in [0, 0.1) is 13.1 Å². The summed E-state index contributed by atoms with van der Waals surface area (Å²) in [7, 11) is 0. The lowest BCUT2D eigenvalue weighted by molar-refractivity contribution is -0.114. The molecule has 0 saturated heterocycles. The average Bonchev–Trinajstić information content (AvgIpc) is 3.18. The van der Waals surface area contributed by atoms with Gasteiger partial charge < -0.3 is 19.9 Å². The molecule has 1 amide bonds. The summed E-state index contributed by atoms with van der Waals surface area (Å²) in [6.07, 6.45) is 6.16. The maximum Gasteiger partial charge on any atom is 0.416 e. The van der Waals surface area contributed by atoms with Crippen LogP contribution in [0.4, 0.5) is 34.6 Å². The summed E-state index contributed by atoms with van der Waals surface area (Å²) in [5.41, 5.74) is 2.08. The second-order valence-electron chi connectivity index (χ2n) is 8.06. The van der Waals surface area contributed by atoms with E-state index in [4.69, 9.17) is 13.1 Å². The largest absolute Gasteiger partial charge is 0.416 e. The van der Waals surface area contributed by atoms with E-state index in [0.29, 0.717) is 17.9 Å². The fraction of sp³-hybridized carbons (Fsp3) is 0.520. The highest BCUT2D eigenvalue weighted by Gasteiger charge is 2.22. The van der Waals surface area contributed by atoms with Gasteiger partial charge in [0.25, 0.3) is 11.6 Å². The summed E-state index contributed by atoms with van der Waals surface area (Å²) < 4.78 is 1.64. The summed E-state index contributed by atoms with van der Waals surface area (Å²) in [5, 5.41) is 11.5. The highest BCUT2D eigenvalue weighted by atomic mass is 16.1. The summed E-state index contributed by atoms with van der Waals surface area (Å²) in [4.78, 5) is 25.3. The van der Waals surface area contributed by atoms with Crippen LogP contribution in [0.1, 0.15) is 66.2 Å². The predicted octanol–water partition coefficient (Wildman–Crippen LogP) is 7.57. The van der Waals surface area contributed by atoms with Crippen molar-refractivity contribution in [2.75, 3.05) is 23.3 Å². The molecular weight excluding hydrogens is 428 g/mol. The van der Waals surface area contributed by atoms with Crippen molar-refractivity contribution < 1.29 is 4.79 Å². The number of unbranched alkanes of at least 4 members (excludes halogenated alkanes) is 3. The van der Waals surface area contributed by atoms with E-state index in [1.54, 1.807) is 4.57 Å². The molecule has 1 N–H and O–H groups in total. The fourth-order valence-electron chi connectivity index (χ4n) is 3.47. The zero-order valence-corrected chi connectivity index (χ0v) is 20.6. The molecule has 2 aromatic rings. The van der Waals surface area contributed by atoms with Crippen molar-refractivity contribution in [3.8, 4) is 0 Å². The molecule has 2 rings (SSSR count). The third-order valence-electron chi connectivity index (χ3n) is 5.32. The average molecular weight is 463 g/mol. The smallest absolute Gasteiger partial charge is 0.373 e. The van der Waals surface area contributed by atoms with E-state index in [0.717, 1.165) is 57.3 Å². The normalized spacial score (nSPS) is 10.8. The standard InChI is InChI=1S/C25H34N8O/c1-7-10-15-32(16-11-8-2)20-13-14-21(22(18-20)28-19(4)34)30-31-25-29-23(26-5)24(27-6)33(25)17-12-9-3/h13-14,18H,7-12,15-17H2,1-4H3,(H,28,34). The highest BCUT2D eigenvalue weighted by Crippen LogP contribution is 2.36. The number of azo groups is 1. The Morgan fingerprint density at radius 2 is 1.74 bits per heavy atom. The number of imidazole rings is 1. The number of nitrogens with zero attached hydrogens (tertiary/aromatic N) is 7. The summed E-state index contributed by atoms with van der Waals surface area (Å²) >= 11 is 0. The number of anilines is 2. The van der Waals surface area contributed by atoms with Gasteiger partial charge in [0.1, 0.15) is 5.69 Å². The first-order valence-electron chi connectivity index (χ1n) is 11.9. The van der Waals surface area contributed by atoms with Crippen LogP contribution >= 0.6 is 0 Å². The van der Waals surface area contributed by atoms with Crippen molar-refractivity contribution >= 4 is 40.6 Å². The van der Waals surface area contributed by atoms with E-state index in [1.807, 2.05) is 18.2 Å². The molecule has 0 fully saturated rings. The number of hydrogen-bond acceptors (Lipinski definition) is 5. The maximum atomic E-state index is 11.9. The summed E-state index contributed by atoms with van der Waals surface area (Å²) in [6.45, 7) is 25.1. The molecule has 34 heavy (non-hydrogen) atoms. The van der Waals surface area contributed by atoms with Crippen LogP contribution in [-0.2, 0) is 11.3 Å². The third-order valence-corrected chi connectivity index (χ3v) is 5.32. The first-order valence-corrected chi connectivity index (χ1v) is 11.9. The van der Waals surface area contributed by atoms with Crippen LogP contribution in [-0.4, -0.2) is 28.5 Å². The molecule has 0 bridgehead atoms. The Bertz CT molecular complexity index is 1070.